The fourth-order valence-corrected chi connectivity index (χ4v) is 4.09. The molecule has 5 nitrogen and oxygen atoms in total. The van der Waals surface area contributed by atoms with Crippen LogP contribution in [0.15, 0.2) is 47.4 Å². The first kappa shape index (κ1) is 29.6. The second-order valence-electron chi connectivity index (χ2n) is 8.10. The molecule has 0 aliphatic rings. The topological polar surface area (TPSA) is 86.7 Å². The zero-order valence-corrected chi connectivity index (χ0v) is 23.5. The van der Waals surface area contributed by atoms with Crippen LogP contribution in [0.2, 0.25) is 0 Å². The van der Waals surface area contributed by atoms with E-state index < -0.39 is 10.1 Å². The maximum atomic E-state index is 12.1. The summed E-state index contributed by atoms with van der Waals surface area (Å²) in [6, 6.07) is 10.4. The van der Waals surface area contributed by atoms with Crippen molar-refractivity contribution in [3.8, 4) is 17.2 Å². The average molecular weight is 487 g/mol. The van der Waals surface area contributed by atoms with Crippen molar-refractivity contribution in [2.75, 3.05) is 0 Å². The summed E-state index contributed by atoms with van der Waals surface area (Å²) < 4.78 is 37.0. The summed E-state index contributed by atoms with van der Waals surface area (Å²) in [4.78, 5) is -0.188. The second kappa shape index (κ2) is 16.3. The first-order chi connectivity index (χ1) is 14.9. The second-order valence-corrected chi connectivity index (χ2v) is 9.53. The van der Waals surface area contributed by atoms with Gasteiger partial charge >= 0.3 is 51.4 Å². The van der Waals surface area contributed by atoms with E-state index in [1.165, 1.54) is 88.1 Å². The maximum Gasteiger partial charge on any atom is 1.00 e. The molecule has 0 fully saturated rings. The van der Waals surface area contributed by atoms with Crippen LogP contribution in [0.5, 0.6) is 17.2 Å². The van der Waals surface area contributed by atoms with Gasteiger partial charge in [0.1, 0.15) is 11.5 Å². The summed E-state index contributed by atoms with van der Waals surface area (Å²) in [5.74, 6) is 0.991. The number of ether oxygens (including phenoxy) is 1. The fourth-order valence-electron chi connectivity index (χ4n) is 3.61. The van der Waals surface area contributed by atoms with Gasteiger partial charge in [0.2, 0.25) is 0 Å². The Bertz CT molecular complexity index is 882. The molecule has 0 radical (unpaired) electrons. The zero-order chi connectivity index (χ0) is 22.5. The molecule has 7 heteroatoms. The summed E-state index contributed by atoms with van der Waals surface area (Å²) >= 11 is 0. The van der Waals surface area contributed by atoms with E-state index >= 15 is 0 Å². The van der Waals surface area contributed by atoms with Crippen molar-refractivity contribution in [3.05, 3.63) is 48.0 Å². The third kappa shape index (κ3) is 11.6. The van der Waals surface area contributed by atoms with Gasteiger partial charge in [0, 0.05) is 0 Å². The molecule has 172 valence electrons. The van der Waals surface area contributed by atoms with E-state index in [4.69, 9.17) is 9.29 Å². The molecule has 0 spiro atoms. The predicted octanol–water partition coefficient (Wildman–Crippen LogP) is 3.66. The molecule has 0 aromatic heterocycles. The van der Waals surface area contributed by atoms with Crippen LogP contribution in [0, 0.1) is 0 Å². The third-order valence-electron chi connectivity index (χ3n) is 5.44. The van der Waals surface area contributed by atoms with Gasteiger partial charge in [-0.15, -0.1) is 5.75 Å². The van der Waals surface area contributed by atoms with Crippen molar-refractivity contribution in [2.45, 2.75) is 88.9 Å². The van der Waals surface area contributed by atoms with E-state index in [2.05, 4.69) is 6.92 Å². The number of hydrogen-bond donors (Lipinski definition) is 1. The van der Waals surface area contributed by atoms with Crippen LogP contribution in [0.1, 0.15) is 83.1 Å². The maximum absolute atomic E-state index is 12.1. The van der Waals surface area contributed by atoms with Crippen LogP contribution in [0.4, 0.5) is 0 Å². The smallest absolute Gasteiger partial charge is 0.872 e. The minimum atomic E-state index is -4.23. The fraction of sp³-hybridized carbons (Fsp3) is 0.520. The number of hydrogen-bond acceptors (Lipinski definition) is 4. The molecule has 0 atom stereocenters. The number of unbranched alkanes of at least 4 members (excludes halogenated alkanes) is 10. The molecule has 0 heterocycles. The summed E-state index contributed by atoms with van der Waals surface area (Å²) in [6.45, 7) is 2.24. The van der Waals surface area contributed by atoms with Crippen LogP contribution >= 0.6 is 0 Å². The Morgan fingerprint density at radius 1 is 0.781 bits per heavy atom. The summed E-state index contributed by atoms with van der Waals surface area (Å²) in [5.41, 5.74) is 0.739. The normalized spacial score (nSPS) is 11.2. The van der Waals surface area contributed by atoms with Crippen molar-refractivity contribution in [2.24, 2.45) is 0 Å². The van der Waals surface area contributed by atoms with Crippen molar-refractivity contribution in [1.82, 2.24) is 0 Å². The molecule has 0 aliphatic carbocycles. The van der Waals surface area contributed by atoms with E-state index in [9.17, 15) is 13.5 Å². The van der Waals surface area contributed by atoms with E-state index in [-0.39, 0.29) is 62.0 Å². The van der Waals surface area contributed by atoms with Crippen LogP contribution in [-0.2, 0) is 16.5 Å². The Hall–Kier alpha value is -0.414. The average Bonchev–Trinajstić information content (AvgIpc) is 2.74. The number of rotatable bonds is 15. The van der Waals surface area contributed by atoms with Gasteiger partial charge in [-0.2, -0.15) is 8.42 Å². The van der Waals surface area contributed by atoms with Gasteiger partial charge in [-0.05, 0) is 49.2 Å². The molecule has 2 aromatic carbocycles. The Labute approximate surface area is 236 Å². The van der Waals surface area contributed by atoms with E-state index in [0.717, 1.165) is 24.8 Å². The van der Waals surface area contributed by atoms with Gasteiger partial charge in [0.25, 0.3) is 10.1 Å². The monoisotopic (exact) mass is 486 g/mol. The van der Waals surface area contributed by atoms with E-state index in [1.807, 2.05) is 0 Å². The molecule has 0 saturated heterocycles. The Kier molecular flexibility index (Phi) is 15.0. The van der Waals surface area contributed by atoms with Crippen LogP contribution in [-0.4, -0.2) is 13.0 Å². The van der Waals surface area contributed by atoms with Crippen molar-refractivity contribution in [3.63, 3.8) is 0 Å². The molecule has 32 heavy (non-hydrogen) atoms. The first-order valence-corrected chi connectivity index (χ1v) is 12.9. The standard InChI is InChI=1S/C25H36O5S.K/c1-2-3-4-5-6-7-8-9-10-11-12-13-21-20-23(16-19-25(21)26)30-22-14-17-24(18-15-22)31(27,28)29;/h14-20,26H,2-13H2,1H3,(H,27,28,29);/q;+1/p-1. The van der Waals surface area contributed by atoms with E-state index in [0.29, 0.717) is 11.5 Å². The quantitative estimate of drug-likeness (QED) is 0.236. The molecule has 2 aromatic rings. The largest absolute Gasteiger partial charge is 1.00 e. The third-order valence-corrected chi connectivity index (χ3v) is 6.31. The molecule has 1 N–H and O–H groups in total. The Morgan fingerprint density at radius 2 is 1.28 bits per heavy atom. The summed E-state index contributed by atoms with van der Waals surface area (Å²) in [7, 11) is -4.23. The van der Waals surface area contributed by atoms with E-state index in [1.54, 1.807) is 12.1 Å². The van der Waals surface area contributed by atoms with Crippen molar-refractivity contribution in [1.29, 1.82) is 0 Å². The Balaban J connectivity index is 0.00000512. The Morgan fingerprint density at radius 3 is 1.81 bits per heavy atom. The summed E-state index contributed by atoms with van der Waals surface area (Å²) in [5, 5.41) is 12.1. The molecular weight excluding hydrogens is 451 g/mol. The van der Waals surface area contributed by atoms with Gasteiger partial charge in [-0.1, -0.05) is 82.8 Å². The molecule has 0 aliphatic heterocycles. The predicted molar refractivity (Wildman–Crippen MR) is 122 cm³/mol. The number of benzene rings is 2. The summed E-state index contributed by atoms with van der Waals surface area (Å²) in [6.07, 6.45) is 14.7. The van der Waals surface area contributed by atoms with Gasteiger partial charge in [-0.3, -0.25) is 4.55 Å². The number of aryl methyl sites for hydroxylation is 1. The van der Waals surface area contributed by atoms with Crippen LogP contribution in [0.3, 0.4) is 0 Å². The molecule has 0 amide bonds. The zero-order valence-electron chi connectivity index (χ0n) is 19.5. The van der Waals surface area contributed by atoms with Crippen molar-refractivity contribution >= 4 is 10.1 Å². The van der Waals surface area contributed by atoms with Crippen LogP contribution in [0.25, 0.3) is 0 Å². The SMILES string of the molecule is CCCCCCCCCCCCCc1cc(Oc2ccc(S(=O)(=O)O)cc2)ccc1[O-].[K+]. The van der Waals surface area contributed by atoms with Gasteiger partial charge in [0.15, 0.2) is 0 Å². The van der Waals surface area contributed by atoms with Gasteiger partial charge in [0.05, 0.1) is 4.90 Å². The molecule has 0 unspecified atom stereocenters. The molecule has 0 bridgehead atoms. The molecule has 0 saturated carbocycles. The minimum Gasteiger partial charge on any atom is -0.872 e. The van der Waals surface area contributed by atoms with Gasteiger partial charge in [-0.25, -0.2) is 0 Å². The van der Waals surface area contributed by atoms with Crippen molar-refractivity contribution < 1.29 is 74.2 Å². The minimum absolute atomic E-state index is 0. The molecular formula is C25H35KO5S. The van der Waals surface area contributed by atoms with Gasteiger partial charge < -0.3 is 9.84 Å². The first-order valence-electron chi connectivity index (χ1n) is 11.5. The molecule has 2 rings (SSSR count). The van der Waals surface area contributed by atoms with Crippen LogP contribution < -0.4 is 61.2 Å².